The van der Waals surface area contributed by atoms with Gasteiger partial charge in [-0.1, -0.05) is 36.4 Å². The molecule has 0 atom stereocenters. The van der Waals surface area contributed by atoms with Gasteiger partial charge in [0, 0.05) is 46.8 Å². The Morgan fingerprint density at radius 2 is 1.80 bits per heavy atom. The van der Waals surface area contributed by atoms with Crippen LogP contribution in [0.15, 0.2) is 53.5 Å². The zero-order chi connectivity index (χ0) is 21.2. The number of hydrogen-bond acceptors (Lipinski definition) is 4. The van der Waals surface area contributed by atoms with Crippen molar-refractivity contribution in [3.05, 3.63) is 65.2 Å². The molecule has 1 aliphatic heterocycles. The van der Waals surface area contributed by atoms with Crippen LogP contribution in [0.1, 0.15) is 23.6 Å². The van der Waals surface area contributed by atoms with Crippen LogP contribution in [0.3, 0.4) is 0 Å². The van der Waals surface area contributed by atoms with E-state index in [2.05, 4.69) is 63.6 Å². The van der Waals surface area contributed by atoms with E-state index < -0.39 is 0 Å². The highest BCUT2D eigenvalue weighted by Crippen LogP contribution is 2.15. The number of rotatable bonds is 8. The molecule has 1 saturated heterocycles. The second-order valence-corrected chi connectivity index (χ2v) is 7.49. The van der Waals surface area contributed by atoms with Crippen molar-refractivity contribution in [1.82, 2.24) is 15.1 Å². The summed E-state index contributed by atoms with van der Waals surface area (Å²) in [7, 11) is 3.89. The van der Waals surface area contributed by atoms with Gasteiger partial charge in [0.05, 0.1) is 19.8 Å². The Balaban J connectivity index is 1.57. The minimum atomic E-state index is 0.683. The van der Waals surface area contributed by atoms with Crippen LogP contribution in [0.4, 0.5) is 0 Å². The molecule has 1 heterocycles. The van der Waals surface area contributed by atoms with Gasteiger partial charge in [-0.05, 0) is 35.7 Å². The largest absolute Gasteiger partial charge is 0.494 e. The lowest BCUT2D eigenvalue weighted by molar-refractivity contribution is 0.0341. The molecule has 0 aliphatic carbocycles. The van der Waals surface area contributed by atoms with Gasteiger partial charge in [0.2, 0.25) is 0 Å². The van der Waals surface area contributed by atoms with Gasteiger partial charge < -0.3 is 19.7 Å². The monoisotopic (exact) mass is 410 g/mol. The molecule has 1 N–H and O–H groups in total. The van der Waals surface area contributed by atoms with E-state index in [1.807, 2.05) is 26.1 Å². The number of aliphatic imine (C=N–C) groups is 1. The number of benzene rings is 2. The number of guanidine groups is 1. The van der Waals surface area contributed by atoms with Gasteiger partial charge >= 0.3 is 0 Å². The number of nitrogens with one attached hydrogen (secondary N) is 1. The summed E-state index contributed by atoms with van der Waals surface area (Å²) >= 11 is 0. The fourth-order valence-corrected chi connectivity index (χ4v) is 3.65. The first-order valence-electron chi connectivity index (χ1n) is 10.7. The molecule has 30 heavy (non-hydrogen) atoms. The summed E-state index contributed by atoms with van der Waals surface area (Å²) in [6, 6.07) is 16.9. The maximum atomic E-state index is 5.53. The molecular weight excluding hydrogens is 376 g/mol. The zero-order valence-electron chi connectivity index (χ0n) is 18.4. The van der Waals surface area contributed by atoms with Crippen molar-refractivity contribution in [3.8, 4) is 5.75 Å². The third-order valence-corrected chi connectivity index (χ3v) is 5.28. The van der Waals surface area contributed by atoms with Crippen molar-refractivity contribution < 1.29 is 9.47 Å². The SMILES string of the molecule is CCOc1ccc(CN(C)C(=NC)NCc2ccccc2CN2CCOCC2)cc1. The Bertz CT molecular complexity index is 801. The first-order chi connectivity index (χ1) is 14.7. The van der Waals surface area contributed by atoms with Crippen molar-refractivity contribution in [1.29, 1.82) is 0 Å². The Morgan fingerprint density at radius 3 is 2.47 bits per heavy atom. The summed E-state index contributed by atoms with van der Waals surface area (Å²) in [6.07, 6.45) is 0. The van der Waals surface area contributed by atoms with Gasteiger partial charge in [-0.3, -0.25) is 9.89 Å². The molecule has 0 amide bonds. The van der Waals surface area contributed by atoms with Crippen LogP contribution in [0.5, 0.6) is 5.75 Å². The molecule has 1 aliphatic rings. The summed E-state index contributed by atoms with van der Waals surface area (Å²) in [5.41, 5.74) is 3.88. The predicted octanol–water partition coefficient (Wildman–Crippen LogP) is 3.12. The standard InChI is InChI=1S/C24H34N4O2/c1-4-30-23-11-9-20(10-12-23)18-27(3)24(25-2)26-17-21-7-5-6-8-22(21)19-28-13-15-29-16-14-28/h5-12H,4,13-19H2,1-3H3,(H,25,26). The Morgan fingerprint density at radius 1 is 1.10 bits per heavy atom. The van der Waals surface area contributed by atoms with Crippen molar-refractivity contribution in [2.24, 2.45) is 4.99 Å². The number of hydrogen-bond donors (Lipinski definition) is 1. The lowest BCUT2D eigenvalue weighted by Gasteiger charge is -2.28. The molecule has 2 aromatic carbocycles. The van der Waals surface area contributed by atoms with E-state index in [0.717, 1.165) is 57.6 Å². The molecule has 0 bridgehead atoms. The van der Waals surface area contributed by atoms with Crippen molar-refractivity contribution in [2.75, 3.05) is 47.0 Å². The first-order valence-corrected chi connectivity index (χ1v) is 10.7. The summed E-state index contributed by atoms with van der Waals surface area (Å²) in [4.78, 5) is 9.06. The van der Waals surface area contributed by atoms with Crippen molar-refractivity contribution in [3.63, 3.8) is 0 Å². The van der Waals surface area contributed by atoms with Crippen LogP contribution < -0.4 is 10.1 Å². The Hall–Kier alpha value is -2.57. The van der Waals surface area contributed by atoms with Crippen LogP contribution in [0, 0.1) is 0 Å². The third-order valence-electron chi connectivity index (χ3n) is 5.28. The normalized spacial score (nSPS) is 15.1. The number of nitrogens with zero attached hydrogens (tertiary/aromatic N) is 3. The van der Waals surface area contributed by atoms with E-state index in [1.54, 1.807) is 0 Å². The highest BCUT2D eigenvalue weighted by atomic mass is 16.5. The van der Waals surface area contributed by atoms with Gasteiger partial charge in [-0.15, -0.1) is 0 Å². The molecule has 0 unspecified atom stereocenters. The number of morpholine rings is 1. The molecule has 0 radical (unpaired) electrons. The summed E-state index contributed by atoms with van der Waals surface area (Å²) in [5.74, 6) is 1.79. The van der Waals surface area contributed by atoms with Gasteiger partial charge in [0.1, 0.15) is 5.75 Å². The Labute approximate surface area is 180 Å². The molecule has 1 fully saturated rings. The second kappa shape index (κ2) is 11.6. The number of ether oxygens (including phenoxy) is 2. The summed E-state index contributed by atoms with van der Waals surface area (Å²) < 4.78 is 11.0. The topological polar surface area (TPSA) is 49.3 Å². The zero-order valence-corrected chi connectivity index (χ0v) is 18.4. The van der Waals surface area contributed by atoms with Crippen LogP contribution in [0.2, 0.25) is 0 Å². The third kappa shape index (κ3) is 6.47. The smallest absolute Gasteiger partial charge is 0.193 e. The second-order valence-electron chi connectivity index (χ2n) is 7.49. The lowest BCUT2D eigenvalue weighted by atomic mass is 10.1. The van der Waals surface area contributed by atoms with Crippen LogP contribution >= 0.6 is 0 Å². The highest BCUT2D eigenvalue weighted by molar-refractivity contribution is 5.79. The first kappa shape index (κ1) is 22.1. The fraction of sp³-hybridized carbons (Fsp3) is 0.458. The average Bonchev–Trinajstić information content (AvgIpc) is 2.77. The van der Waals surface area contributed by atoms with E-state index >= 15 is 0 Å². The lowest BCUT2D eigenvalue weighted by Crippen LogP contribution is -2.38. The molecule has 0 aromatic heterocycles. The molecule has 0 saturated carbocycles. The van der Waals surface area contributed by atoms with E-state index in [-0.39, 0.29) is 0 Å². The van der Waals surface area contributed by atoms with Gasteiger partial charge in [0.25, 0.3) is 0 Å². The van der Waals surface area contributed by atoms with E-state index in [4.69, 9.17) is 9.47 Å². The maximum Gasteiger partial charge on any atom is 0.193 e. The molecule has 6 nitrogen and oxygen atoms in total. The summed E-state index contributed by atoms with van der Waals surface area (Å²) in [5, 5.41) is 3.52. The van der Waals surface area contributed by atoms with Crippen molar-refractivity contribution >= 4 is 5.96 Å². The molecule has 162 valence electrons. The molecule has 0 spiro atoms. The van der Waals surface area contributed by atoms with E-state index in [9.17, 15) is 0 Å². The highest BCUT2D eigenvalue weighted by Gasteiger charge is 2.13. The summed E-state index contributed by atoms with van der Waals surface area (Å²) in [6.45, 7) is 8.80. The average molecular weight is 411 g/mol. The molecule has 2 aromatic rings. The fourth-order valence-electron chi connectivity index (χ4n) is 3.65. The minimum absolute atomic E-state index is 0.683. The van der Waals surface area contributed by atoms with E-state index in [0.29, 0.717) is 6.61 Å². The van der Waals surface area contributed by atoms with E-state index in [1.165, 1.54) is 16.7 Å². The van der Waals surface area contributed by atoms with Gasteiger partial charge in [0.15, 0.2) is 5.96 Å². The minimum Gasteiger partial charge on any atom is -0.494 e. The molecule has 6 heteroatoms. The van der Waals surface area contributed by atoms with Crippen LogP contribution in [0.25, 0.3) is 0 Å². The molecule has 3 rings (SSSR count). The quantitative estimate of drug-likeness (QED) is 0.535. The maximum absolute atomic E-state index is 5.53. The van der Waals surface area contributed by atoms with Crippen molar-refractivity contribution in [2.45, 2.75) is 26.6 Å². The van der Waals surface area contributed by atoms with Crippen LogP contribution in [-0.2, 0) is 24.4 Å². The van der Waals surface area contributed by atoms with Gasteiger partial charge in [-0.2, -0.15) is 0 Å². The van der Waals surface area contributed by atoms with Crippen LogP contribution in [-0.4, -0.2) is 62.8 Å². The predicted molar refractivity (Wildman–Crippen MR) is 122 cm³/mol. The van der Waals surface area contributed by atoms with Gasteiger partial charge in [-0.25, -0.2) is 0 Å². The molecular formula is C24H34N4O2. The Kier molecular flexibility index (Phi) is 8.53.